The zero-order valence-corrected chi connectivity index (χ0v) is 15.0. The standard InChI is InChI=1S/C19H23O4P/c1-3-19(4-2)14-21-24(20,22-15-19)23-18-13-9-8-12-17(18)16-10-6-5-7-11-16/h5-13H,3-4,14-15H2,1-2H3. The lowest BCUT2D eigenvalue weighted by molar-refractivity contribution is -0.00754. The minimum Gasteiger partial charge on any atom is -0.403 e. The van der Waals surface area contributed by atoms with Crippen molar-refractivity contribution in [3.05, 3.63) is 54.6 Å². The van der Waals surface area contributed by atoms with Crippen molar-refractivity contribution in [1.29, 1.82) is 0 Å². The first kappa shape index (κ1) is 17.2. The van der Waals surface area contributed by atoms with E-state index in [1.54, 1.807) is 6.07 Å². The molecule has 0 aliphatic carbocycles. The maximum absolute atomic E-state index is 12.8. The van der Waals surface area contributed by atoms with Gasteiger partial charge in [0, 0.05) is 11.0 Å². The second-order valence-corrected chi connectivity index (χ2v) is 7.75. The van der Waals surface area contributed by atoms with E-state index in [2.05, 4.69) is 13.8 Å². The second kappa shape index (κ2) is 7.10. The van der Waals surface area contributed by atoms with E-state index in [1.807, 2.05) is 48.5 Å². The number of phosphoric acid groups is 1. The van der Waals surface area contributed by atoms with E-state index in [0.29, 0.717) is 19.0 Å². The van der Waals surface area contributed by atoms with Gasteiger partial charge < -0.3 is 4.52 Å². The molecule has 1 heterocycles. The van der Waals surface area contributed by atoms with Crippen LogP contribution in [-0.4, -0.2) is 13.2 Å². The molecule has 3 rings (SSSR count). The first-order chi connectivity index (χ1) is 11.6. The Bertz CT molecular complexity index is 711. The van der Waals surface area contributed by atoms with Gasteiger partial charge in [0.2, 0.25) is 0 Å². The van der Waals surface area contributed by atoms with E-state index >= 15 is 0 Å². The summed E-state index contributed by atoms with van der Waals surface area (Å²) in [5.74, 6) is 0.507. The fraction of sp³-hybridized carbons (Fsp3) is 0.368. The zero-order chi connectivity index (χ0) is 17.0. The normalized spacial score (nSPS) is 18.9. The first-order valence-corrected chi connectivity index (χ1v) is 9.79. The van der Waals surface area contributed by atoms with Crippen molar-refractivity contribution in [2.45, 2.75) is 26.7 Å². The van der Waals surface area contributed by atoms with Crippen LogP contribution in [-0.2, 0) is 13.6 Å². The number of hydrogen-bond acceptors (Lipinski definition) is 4. The summed E-state index contributed by atoms with van der Waals surface area (Å²) in [6, 6.07) is 17.3. The van der Waals surface area contributed by atoms with Gasteiger partial charge in [0.05, 0.1) is 13.2 Å². The smallest absolute Gasteiger partial charge is 0.403 e. The number of rotatable bonds is 5. The van der Waals surface area contributed by atoms with Crippen LogP contribution in [0, 0.1) is 5.41 Å². The van der Waals surface area contributed by atoms with Crippen molar-refractivity contribution >= 4 is 7.82 Å². The summed E-state index contributed by atoms with van der Waals surface area (Å²) in [5.41, 5.74) is 1.78. The van der Waals surface area contributed by atoms with E-state index in [1.165, 1.54) is 0 Å². The Labute approximate surface area is 143 Å². The Balaban J connectivity index is 1.82. The fourth-order valence-electron chi connectivity index (χ4n) is 2.74. The molecular formula is C19H23O4P. The minimum absolute atomic E-state index is 0.0732. The predicted molar refractivity (Wildman–Crippen MR) is 95.0 cm³/mol. The molecule has 0 N–H and O–H groups in total. The molecule has 0 atom stereocenters. The van der Waals surface area contributed by atoms with E-state index in [4.69, 9.17) is 13.6 Å². The second-order valence-electron chi connectivity index (χ2n) is 6.15. The minimum atomic E-state index is -3.59. The van der Waals surface area contributed by atoms with Crippen molar-refractivity contribution in [1.82, 2.24) is 0 Å². The van der Waals surface area contributed by atoms with Gasteiger partial charge in [-0.1, -0.05) is 62.4 Å². The Hall–Kier alpha value is -1.61. The molecule has 1 saturated heterocycles. The van der Waals surface area contributed by atoms with Crippen LogP contribution >= 0.6 is 7.82 Å². The van der Waals surface area contributed by atoms with E-state index in [0.717, 1.165) is 24.0 Å². The summed E-state index contributed by atoms with van der Waals surface area (Å²) >= 11 is 0. The van der Waals surface area contributed by atoms with Gasteiger partial charge in [0.25, 0.3) is 0 Å². The van der Waals surface area contributed by atoms with Crippen LogP contribution in [0.3, 0.4) is 0 Å². The molecule has 0 aromatic heterocycles. The Morgan fingerprint density at radius 1 is 0.958 bits per heavy atom. The zero-order valence-electron chi connectivity index (χ0n) is 14.1. The van der Waals surface area contributed by atoms with Crippen LogP contribution in [0.1, 0.15) is 26.7 Å². The third-order valence-corrected chi connectivity index (χ3v) is 6.05. The summed E-state index contributed by atoms with van der Waals surface area (Å²) in [7, 11) is -3.59. The Kier molecular flexibility index (Phi) is 5.09. The number of benzene rings is 2. The lowest BCUT2D eigenvalue weighted by Gasteiger charge is -2.37. The molecule has 0 radical (unpaired) electrons. The molecule has 1 fully saturated rings. The van der Waals surface area contributed by atoms with E-state index < -0.39 is 7.82 Å². The van der Waals surface area contributed by atoms with Gasteiger partial charge in [-0.3, -0.25) is 9.05 Å². The van der Waals surface area contributed by atoms with Crippen molar-refractivity contribution in [3.8, 4) is 16.9 Å². The van der Waals surface area contributed by atoms with Crippen molar-refractivity contribution in [3.63, 3.8) is 0 Å². The maximum Gasteiger partial charge on any atom is 0.530 e. The van der Waals surface area contributed by atoms with Crippen molar-refractivity contribution < 1.29 is 18.1 Å². The van der Waals surface area contributed by atoms with E-state index in [-0.39, 0.29) is 5.41 Å². The summed E-state index contributed by atoms with van der Waals surface area (Å²) in [5, 5.41) is 0. The summed E-state index contributed by atoms with van der Waals surface area (Å²) in [6.45, 7) is 4.98. The maximum atomic E-state index is 12.8. The van der Waals surface area contributed by atoms with Gasteiger partial charge in [0.15, 0.2) is 0 Å². The molecule has 0 spiro atoms. The Morgan fingerprint density at radius 3 is 2.17 bits per heavy atom. The van der Waals surface area contributed by atoms with Gasteiger partial charge in [0.1, 0.15) is 5.75 Å². The molecule has 0 saturated carbocycles. The molecule has 2 aromatic rings. The highest BCUT2D eigenvalue weighted by Crippen LogP contribution is 2.56. The molecule has 2 aromatic carbocycles. The molecule has 5 heteroatoms. The molecule has 1 aliphatic heterocycles. The molecule has 1 aliphatic rings. The Morgan fingerprint density at radius 2 is 1.54 bits per heavy atom. The third kappa shape index (κ3) is 3.56. The highest BCUT2D eigenvalue weighted by Gasteiger charge is 2.42. The molecule has 128 valence electrons. The van der Waals surface area contributed by atoms with Gasteiger partial charge in [-0.25, -0.2) is 4.57 Å². The highest BCUT2D eigenvalue weighted by atomic mass is 31.2. The molecular weight excluding hydrogens is 323 g/mol. The summed E-state index contributed by atoms with van der Waals surface area (Å²) in [4.78, 5) is 0. The van der Waals surface area contributed by atoms with Crippen LogP contribution in [0.15, 0.2) is 54.6 Å². The van der Waals surface area contributed by atoms with Crippen LogP contribution in [0.4, 0.5) is 0 Å². The molecule has 24 heavy (non-hydrogen) atoms. The largest absolute Gasteiger partial charge is 0.530 e. The third-order valence-electron chi connectivity index (χ3n) is 4.74. The predicted octanol–water partition coefficient (Wildman–Crippen LogP) is 5.69. The number of phosphoric ester groups is 1. The summed E-state index contributed by atoms with van der Waals surface area (Å²) in [6.07, 6.45) is 1.84. The average molecular weight is 346 g/mol. The van der Waals surface area contributed by atoms with Crippen LogP contribution < -0.4 is 4.52 Å². The van der Waals surface area contributed by atoms with Gasteiger partial charge in [-0.2, -0.15) is 0 Å². The van der Waals surface area contributed by atoms with Crippen LogP contribution in [0.5, 0.6) is 5.75 Å². The van der Waals surface area contributed by atoms with E-state index in [9.17, 15) is 4.57 Å². The summed E-state index contributed by atoms with van der Waals surface area (Å²) < 4.78 is 29.7. The average Bonchev–Trinajstić information content (AvgIpc) is 2.64. The highest BCUT2D eigenvalue weighted by molar-refractivity contribution is 7.49. The van der Waals surface area contributed by atoms with Crippen molar-refractivity contribution in [2.24, 2.45) is 5.41 Å². The van der Waals surface area contributed by atoms with Crippen molar-refractivity contribution in [2.75, 3.05) is 13.2 Å². The van der Waals surface area contributed by atoms with Gasteiger partial charge in [-0.15, -0.1) is 0 Å². The van der Waals surface area contributed by atoms with Gasteiger partial charge in [-0.05, 0) is 24.5 Å². The molecule has 0 bridgehead atoms. The SMILES string of the molecule is CCC1(CC)COP(=O)(Oc2ccccc2-c2ccccc2)OC1. The molecule has 0 amide bonds. The number of hydrogen-bond donors (Lipinski definition) is 0. The van der Waals surface area contributed by atoms with Crippen LogP contribution in [0.2, 0.25) is 0 Å². The molecule has 4 nitrogen and oxygen atoms in total. The topological polar surface area (TPSA) is 44.8 Å². The monoisotopic (exact) mass is 346 g/mol. The lowest BCUT2D eigenvalue weighted by atomic mass is 9.84. The van der Waals surface area contributed by atoms with Crippen LogP contribution in [0.25, 0.3) is 11.1 Å². The number of para-hydroxylation sites is 1. The van der Waals surface area contributed by atoms with Gasteiger partial charge >= 0.3 is 7.82 Å². The quantitative estimate of drug-likeness (QED) is 0.652. The lowest BCUT2D eigenvalue weighted by Crippen LogP contribution is -2.35. The molecule has 0 unspecified atom stereocenters. The fourth-order valence-corrected chi connectivity index (χ4v) is 4.19. The first-order valence-electron chi connectivity index (χ1n) is 8.33.